The van der Waals surface area contributed by atoms with Crippen molar-refractivity contribution in [3.8, 4) is 11.5 Å². The standard InChI is InChI=1S/C16H17BrF3N3O3/c1-23-13(12(17)14(22-23)16(18,19)20)15(24)21-7-6-9-4-5-10(25-2)11(8-9)26-3/h4-5,8H,6-7H2,1-3H3,(H,21,24). The molecule has 2 rings (SSSR count). The van der Waals surface area contributed by atoms with Gasteiger partial charge in [0.1, 0.15) is 5.69 Å². The number of amides is 1. The second-order valence-electron chi connectivity index (χ2n) is 5.33. The van der Waals surface area contributed by atoms with Crippen molar-refractivity contribution in [3.63, 3.8) is 0 Å². The predicted molar refractivity (Wildman–Crippen MR) is 91.5 cm³/mol. The number of aryl methyl sites for hydroxylation is 1. The minimum Gasteiger partial charge on any atom is -0.493 e. The van der Waals surface area contributed by atoms with Crippen LogP contribution in [0.25, 0.3) is 0 Å². The summed E-state index contributed by atoms with van der Waals surface area (Å²) in [5.41, 5.74) is -0.447. The van der Waals surface area contributed by atoms with Gasteiger partial charge >= 0.3 is 6.18 Å². The first-order chi connectivity index (χ1) is 12.2. The monoisotopic (exact) mass is 435 g/mol. The van der Waals surface area contributed by atoms with Gasteiger partial charge in [0.2, 0.25) is 0 Å². The van der Waals surface area contributed by atoms with Crippen LogP contribution in [-0.4, -0.2) is 36.5 Å². The number of methoxy groups -OCH3 is 2. The van der Waals surface area contributed by atoms with Crippen LogP contribution in [0.3, 0.4) is 0 Å². The summed E-state index contributed by atoms with van der Waals surface area (Å²) in [6.45, 7) is 0.229. The number of halogens is 4. The van der Waals surface area contributed by atoms with E-state index < -0.39 is 17.8 Å². The molecule has 10 heteroatoms. The van der Waals surface area contributed by atoms with Gasteiger partial charge in [0.15, 0.2) is 17.2 Å². The number of ether oxygens (including phenoxy) is 2. The number of alkyl halides is 3. The SMILES string of the molecule is COc1ccc(CCNC(=O)c2c(Br)c(C(F)(F)F)nn2C)cc1OC. The van der Waals surface area contributed by atoms with Crippen LogP contribution in [0.5, 0.6) is 11.5 Å². The molecular weight excluding hydrogens is 419 g/mol. The van der Waals surface area contributed by atoms with Crippen molar-refractivity contribution in [3.05, 3.63) is 39.6 Å². The Hall–Kier alpha value is -2.23. The van der Waals surface area contributed by atoms with E-state index in [0.717, 1.165) is 10.2 Å². The molecule has 0 fully saturated rings. The van der Waals surface area contributed by atoms with Crippen LogP contribution < -0.4 is 14.8 Å². The van der Waals surface area contributed by atoms with Crippen molar-refractivity contribution >= 4 is 21.8 Å². The average Bonchev–Trinajstić information content (AvgIpc) is 2.89. The van der Waals surface area contributed by atoms with E-state index in [2.05, 4.69) is 26.3 Å². The molecule has 1 aromatic carbocycles. The van der Waals surface area contributed by atoms with Crippen molar-refractivity contribution < 1.29 is 27.4 Å². The molecule has 0 atom stereocenters. The van der Waals surface area contributed by atoms with Crippen molar-refractivity contribution in [2.24, 2.45) is 7.05 Å². The minimum atomic E-state index is -4.64. The van der Waals surface area contributed by atoms with E-state index >= 15 is 0 Å². The third-order valence-corrected chi connectivity index (χ3v) is 4.37. The lowest BCUT2D eigenvalue weighted by atomic mass is 10.1. The molecule has 6 nitrogen and oxygen atoms in total. The van der Waals surface area contributed by atoms with Gasteiger partial charge in [-0.05, 0) is 40.0 Å². The fraction of sp³-hybridized carbons (Fsp3) is 0.375. The lowest BCUT2D eigenvalue weighted by Gasteiger charge is -2.10. The summed E-state index contributed by atoms with van der Waals surface area (Å²) in [6.07, 6.45) is -4.18. The quantitative estimate of drug-likeness (QED) is 0.756. The Labute approximate surface area is 156 Å². The summed E-state index contributed by atoms with van der Waals surface area (Å²) < 4.78 is 49.4. The van der Waals surface area contributed by atoms with E-state index in [1.807, 2.05) is 6.07 Å². The van der Waals surface area contributed by atoms with Gasteiger partial charge in [0.25, 0.3) is 5.91 Å². The van der Waals surface area contributed by atoms with Crippen LogP contribution in [0.1, 0.15) is 21.7 Å². The number of hydrogen-bond donors (Lipinski definition) is 1. The van der Waals surface area contributed by atoms with Crippen molar-refractivity contribution in [2.45, 2.75) is 12.6 Å². The molecule has 0 saturated heterocycles. The molecule has 0 bridgehead atoms. The van der Waals surface area contributed by atoms with Crippen LogP contribution in [0, 0.1) is 0 Å². The van der Waals surface area contributed by atoms with Gasteiger partial charge in [0.05, 0.1) is 18.7 Å². The maximum atomic E-state index is 12.9. The van der Waals surface area contributed by atoms with Gasteiger partial charge in [-0.3, -0.25) is 9.48 Å². The third-order valence-electron chi connectivity index (χ3n) is 3.62. The van der Waals surface area contributed by atoms with Crippen molar-refractivity contribution in [1.29, 1.82) is 0 Å². The van der Waals surface area contributed by atoms with Crippen LogP contribution in [0.2, 0.25) is 0 Å². The Morgan fingerprint density at radius 3 is 2.46 bits per heavy atom. The molecule has 2 aromatic rings. The molecule has 1 N–H and O–H groups in total. The summed E-state index contributed by atoms with van der Waals surface area (Å²) >= 11 is 2.82. The van der Waals surface area contributed by atoms with E-state index in [1.165, 1.54) is 21.3 Å². The molecule has 26 heavy (non-hydrogen) atoms. The number of nitrogens with zero attached hydrogens (tertiary/aromatic N) is 2. The Morgan fingerprint density at radius 1 is 1.27 bits per heavy atom. The lowest BCUT2D eigenvalue weighted by Crippen LogP contribution is -2.28. The number of nitrogens with one attached hydrogen (secondary N) is 1. The molecule has 0 aliphatic heterocycles. The number of carbonyl (C=O) groups excluding carboxylic acids is 1. The first kappa shape index (κ1) is 20.1. The van der Waals surface area contributed by atoms with Gasteiger partial charge in [-0.1, -0.05) is 6.07 Å². The molecule has 0 aliphatic rings. The normalized spacial score (nSPS) is 11.3. The summed E-state index contributed by atoms with van der Waals surface area (Å²) in [6, 6.07) is 5.32. The minimum absolute atomic E-state index is 0.190. The fourth-order valence-corrected chi connectivity index (χ4v) is 3.11. The number of hydrogen-bond acceptors (Lipinski definition) is 4. The highest BCUT2D eigenvalue weighted by molar-refractivity contribution is 9.10. The van der Waals surface area contributed by atoms with Crippen LogP contribution in [-0.2, 0) is 19.6 Å². The van der Waals surface area contributed by atoms with Crippen LogP contribution >= 0.6 is 15.9 Å². The highest BCUT2D eigenvalue weighted by Crippen LogP contribution is 2.35. The van der Waals surface area contributed by atoms with Gasteiger partial charge in [0, 0.05) is 13.6 Å². The Bertz CT molecular complexity index is 806. The van der Waals surface area contributed by atoms with E-state index in [1.54, 1.807) is 12.1 Å². The van der Waals surface area contributed by atoms with E-state index in [4.69, 9.17) is 9.47 Å². The zero-order valence-electron chi connectivity index (χ0n) is 14.3. The largest absolute Gasteiger partial charge is 0.493 e. The first-order valence-electron chi connectivity index (χ1n) is 7.47. The Morgan fingerprint density at radius 2 is 1.92 bits per heavy atom. The molecule has 1 heterocycles. The van der Waals surface area contributed by atoms with E-state index in [-0.39, 0.29) is 16.7 Å². The van der Waals surface area contributed by atoms with Gasteiger partial charge < -0.3 is 14.8 Å². The molecule has 1 amide bonds. The third kappa shape index (κ3) is 4.29. The number of rotatable bonds is 6. The highest BCUT2D eigenvalue weighted by Gasteiger charge is 2.39. The summed E-state index contributed by atoms with van der Waals surface area (Å²) in [5, 5.41) is 5.95. The maximum absolute atomic E-state index is 12.9. The molecule has 0 unspecified atom stereocenters. The molecule has 0 aliphatic carbocycles. The van der Waals surface area contributed by atoms with E-state index in [0.29, 0.717) is 17.9 Å². The van der Waals surface area contributed by atoms with Gasteiger partial charge in [-0.15, -0.1) is 0 Å². The van der Waals surface area contributed by atoms with Crippen LogP contribution in [0.4, 0.5) is 13.2 Å². The summed E-state index contributed by atoms with van der Waals surface area (Å²) in [4.78, 5) is 12.2. The predicted octanol–water partition coefficient (Wildman–Crippen LogP) is 3.19. The number of carbonyl (C=O) groups is 1. The van der Waals surface area contributed by atoms with Gasteiger partial charge in [-0.25, -0.2) is 0 Å². The maximum Gasteiger partial charge on any atom is 0.436 e. The summed E-state index contributed by atoms with van der Waals surface area (Å²) in [5.74, 6) is 0.488. The van der Waals surface area contributed by atoms with Crippen molar-refractivity contribution in [1.82, 2.24) is 15.1 Å². The molecule has 0 radical (unpaired) electrons. The molecule has 0 saturated carbocycles. The lowest BCUT2D eigenvalue weighted by molar-refractivity contribution is -0.142. The van der Waals surface area contributed by atoms with Crippen LogP contribution in [0.15, 0.2) is 22.7 Å². The van der Waals surface area contributed by atoms with Crippen molar-refractivity contribution in [2.75, 3.05) is 20.8 Å². The topological polar surface area (TPSA) is 65.4 Å². The zero-order valence-corrected chi connectivity index (χ0v) is 15.9. The smallest absolute Gasteiger partial charge is 0.436 e. The first-order valence-corrected chi connectivity index (χ1v) is 8.27. The second kappa shape index (κ2) is 7.98. The molecule has 0 spiro atoms. The molecular formula is C16H17BrF3N3O3. The Kier molecular flexibility index (Phi) is 6.17. The second-order valence-corrected chi connectivity index (χ2v) is 6.12. The summed E-state index contributed by atoms with van der Waals surface area (Å²) in [7, 11) is 4.32. The number of aromatic nitrogens is 2. The highest BCUT2D eigenvalue weighted by atomic mass is 79.9. The van der Waals surface area contributed by atoms with Gasteiger partial charge in [-0.2, -0.15) is 18.3 Å². The zero-order chi connectivity index (χ0) is 19.5. The molecule has 142 valence electrons. The fourth-order valence-electron chi connectivity index (χ4n) is 2.37. The van der Waals surface area contributed by atoms with E-state index in [9.17, 15) is 18.0 Å². The number of benzene rings is 1. The molecule has 1 aromatic heterocycles. The average molecular weight is 436 g/mol. The Balaban J connectivity index is 2.05.